The quantitative estimate of drug-likeness (QED) is 0.0169. The number of benzene rings is 1. The van der Waals surface area contributed by atoms with Crippen molar-refractivity contribution in [3.05, 3.63) is 36.0 Å². The zero-order valence-electron chi connectivity index (χ0n) is 52.9. The van der Waals surface area contributed by atoms with E-state index < -0.39 is 138 Å². The SMILES string of the molecule is CSCC[C@H](NC(=O)[C@H](CC(C)C)NC(=O)[C@@H]1CCCN1C(=O)[C@H](CC(C)C)NC(=O)[C@H](CS)NC(=O)[C@@H](N)CCSC)C(=O)N1CCC[C@H]1C(=O)N[C@@H](CO)C(=O)N[C@@H](Cc1c[nH]c2ccccc12)C(=O)N1CCC[C@H]1C(=O)N[C@@H](CCCN=C(N)N)C(=O)O. The molecule has 2 aromatic rings. The second-order valence-corrected chi connectivity index (χ2v) is 26.5. The van der Waals surface area contributed by atoms with E-state index in [0.717, 1.165) is 10.9 Å². The van der Waals surface area contributed by atoms with Crippen molar-refractivity contribution in [2.45, 2.75) is 178 Å². The van der Waals surface area contributed by atoms with Gasteiger partial charge in [-0.1, -0.05) is 45.9 Å². The molecule has 1 aromatic heterocycles. The first-order valence-corrected chi connectivity index (χ1v) is 34.6. The second kappa shape index (κ2) is 37.0. The highest BCUT2D eigenvalue weighted by Crippen LogP contribution is 2.26. The number of aliphatic hydroxyl groups excluding tert-OH is 1. The maximum absolute atomic E-state index is 14.7. The van der Waals surface area contributed by atoms with Gasteiger partial charge in [0, 0.05) is 55.5 Å². The molecular weight excluding hydrogens is 1230 g/mol. The number of thiol groups is 1. The van der Waals surface area contributed by atoms with Crippen LogP contribution in [0.3, 0.4) is 0 Å². The molecule has 3 fully saturated rings. The smallest absolute Gasteiger partial charge is 0.326 e. The number of thioether (sulfide) groups is 2. The molecule has 28 nitrogen and oxygen atoms in total. The molecule has 0 saturated carbocycles. The summed E-state index contributed by atoms with van der Waals surface area (Å²) in [5.74, 6) is -7.40. The van der Waals surface area contributed by atoms with Crippen molar-refractivity contribution in [3.63, 3.8) is 0 Å². The number of H-pyrrole nitrogens is 1. The summed E-state index contributed by atoms with van der Waals surface area (Å²) in [7, 11) is 0. The minimum atomic E-state index is -1.64. The molecule has 0 bridgehead atoms. The topological polar surface area (TPSA) is 428 Å². The molecule has 91 heavy (non-hydrogen) atoms. The molecule has 11 atom stereocenters. The standard InChI is InChI=1S/C60H95N15O13S3/c1-33(2)27-41(68-54(82)47-17-12-23-74(47)57(85)42(28-34(3)4)69-52(80)45(32-89)72-49(77)37(61)19-25-90-5)50(78)66-39(20-26-91-6)56(84)73-22-10-18-48(73)55(83)71-44(31-76)51(79)70-43(29-35-30-65-38-14-8-7-13-36(35)38)58(86)75-24-11-16-46(75)53(81)67-40(59(87)88)15-9-21-64-60(62)63/h7-8,13-14,30,33-34,37,39-48,65,76,89H,9-12,15-29,31-32,61H2,1-6H3,(H,66,78)(H,67,81)(H,68,82)(H,69,80)(H,70,79)(H,71,83)(H,72,77)(H,87,88)(H4,62,63,64)/t37-,39-,40-,41-,42-,43-,44-,45-,46-,47-,48-/m0/s1. The molecule has 10 amide bonds. The van der Waals surface area contributed by atoms with Crippen LogP contribution in [-0.2, 0) is 59.2 Å². The number of nitrogens with one attached hydrogen (secondary N) is 8. The largest absolute Gasteiger partial charge is 0.480 e. The molecule has 0 spiro atoms. The summed E-state index contributed by atoms with van der Waals surface area (Å²) >= 11 is 7.23. The van der Waals surface area contributed by atoms with Crippen molar-refractivity contribution in [2.75, 3.05) is 62.6 Å². The van der Waals surface area contributed by atoms with Gasteiger partial charge in [-0.25, -0.2) is 4.79 Å². The maximum Gasteiger partial charge on any atom is 0.326 e. The lowest BCUT2D eigenvalue weighted by Crippen LogP contribution is -2.61. The van der Waals surface area contributed by atoms with E-state index in [0.29, 0.717) is 42.8 Å². The Morgan fingerprint density at radius 3 is 1.60 bits per heavy atom. The van der Waals surface area contributed by atoms with Crippen molar-refractivity contribution < 1.29 is 63.0 Å². The number of guanidine groups is 1. The highest BCUT2D eigenvalue weighted by molar-refractivity contribution is 7.98. The van der Waals surface area contributed by atoms with E-state index in [4.69, 9.17) is 17.2 Å². The number of carbonyl (C=O) groups excluding carboxylic acids is 10. The molecule has 3 saturated heterocycles. The Kier molecular flexibility index (Phi) is 30.5. The highest BCUT2D eigenvalue weighted by atomic mass is 32.2. The third-order valence-corrected chi connectivity index (χ3v) is 17.9. The number of carboxylic acids is 1. The first-order valence-electron chi connectivity index (χ1n) is 31.2. The molecule has 3 aliphatic rings. The molecule has 1 aromatic carbocycles. The van der Waals surface area contributed by atoms with Crippen LogP contribution in [0, 0.1) is 11.8 Å². The van der Waals surface area contributed by atoms with E-state index in [-0.39, 0.29) is 108 Å². The fourth-order valence-corrected chi connectivity index (χ4v) is 12.8. The van der Waals surface area contributed by atoms with Crippen LogP contribution >= 0.6 is 36.2 Å². The number of aliphatic hydroxyl groups is 1. The predicted molar refractivity (Wildman–Crippen MR) is 351 cm³/mol. The average Bonchev–Trinajstić information content (AvgIpc) is 1.81. The Morgan fingerprint density at radius 1 is 0.615 bits per heavy atom. The van der Waals surface area contributed by atoms with Crippen LogP contribution in [0.15, 0.2) is 35.5 Å². The lowest BCUT2D eigenvalue weighted by molar-refractivity contribution is -0.145. The fourth-order valence-electron chi connectivity index (χ4n) is 11.5. The molecule has 5 rings (SSSR count). The van der Waals surface area contributed by atoms with Gasteiger partial charge in [-0.2, -0.15) is 36.2 Å². The van der Waals surface area contributed by atoms with Gasteiger partial charge < -0.3 is 84.3 Å². The number of para-hydroxylation sites is 1. The van der Waals surface area contributed by atoms with Crippen LogP contribution in [0.1, 0.15) is 110 Å². The van der Waals surface area contributed by atoms with Crippen LogP contribution < -0.4 is 54.4 Å². The zero-order chi connectivity index (χ0) is 67.1. The van der Waals surface area contributed by atoms with Crippen molar-refractivity contribution >= 4 is 118 Å². The normalized spacial score (nSPS) is 19.1. The number of rotatable bonds is 36. The number of nitrogens with zero attached hydrogens (tertiary/aromatic N) is 4. The molecule has 3 aliphatic heterocycles. The number of carbonyl (C=O) groups is 11. The Balaban J connectivity index is 1.29. The van der Waals surface area contributed by atoms with Crippen LogP contribution in [-0.4, -0.2) is 230 Å². The Hall–Kier alpha value is -6.83. The molecule has 31 heteroatoms. The van der Waals surface area contributed by atoms with Crippen LogP contribution in [0.2, 0.25) is 0 Å². The summed E-state index contributed by atoms with van der Waals surface area (Å²) < 4.78 is 0. The van der Waals surface area contributed by atoms with Crippen molar-refractivity contribution in [2.24, 2.45) is 34.0 Å². The van der Waals surface area contributed by atoms with E-state index in [9.17, 15) is 63.0 Å². The number of hydrogen-bond donors (Lipinski definition) is 14. The van der Waals surface area contributed by atoms with Gasteiger partial charge in [0.2, 0.25) is 59.1 Å². The first-order chi connectivity index (χ1) is 43.3. The Labute approximate surface area is 545 Å². The number of aromatic amines is 1. The van der Waals surface area contributed by atoms with Crippen LogP contribution in [0.25, 0.3) is 10.9 Å². The summed E-state index contributed by atoms with van der Waals surface area (Å²) in [5.41, 5.74) is 18.2. The Bertz CT molecular complexity index is 2880. The number of fused-ring (bicyclic) bond motifs is 1. The lowest BCUT2D eigenvalue weighted by Gasteiger charge is -2.32. The predicted octanol–water partition coefficient (Wildman–Crippen LogP) is -0.937. The van der Waals surface area contributed by atoms with E-state index in [1.165, 1.54) is 38.2 Å². The molecule has 0 radical (unpaired) electrons. The number of aliphatic imine (C=N–C) groups is 1. The second-order valence-electron chi connectivity index (χ2n) is 24.1. The molecule has 16 N–H and O–H groups in total. The number of aliphatic carboxylic acids is 1. The monoisotopic (exact) mass is 1330 g/mol. The summed E-state index contributed by atoms with van der Waals surface area (Å²) in [5, 5.41) is 40.4. The van der Waals surface area contributed by atoms with Gasteiger partial charge >= 0.3 is 5.97 Å². The maximum atomic E-state index is 14.7. The lowest BCUT2D eigenvalue weighted by atomic mass is 10.0. The van der Waals surface area contributed by atoms with Crippen molar-refractivity contribution in [1.29, 1.82) is 0 Å². The van der Waals surface area contributed by atoms with E-state index >= 15 is 0 Å². The van der Waals surface area contributed by atoms with Crippen LogP contribution in [0.4, 0.5) is 0 Å². The first kappa shape index (κ1) is 74.9. The minimum absolute atomic E-state index is 0.00730. The van der Waals surface area contributed by atoms with Gasteiger partial charge in [-0.05, 0) is 125 Å². The number of likely N-dealkylation sites (tertiary alicyclic amines) is 3. The van der Waals surface area contributed by atoms with Gasteiger partial charge in [0.15, 0.2) is 5.96 Å². The fraction of sp³-hybridized carbons (Fsp3) is 0.667. The minimum Gasteiger partial charge on any atom is -0.480 e. The van der Waals surface area contributed by atoms with Crippen LogP contribution in [0.5, 0.6) is 0 Å². The zero-order valence-corrected chi connectivity index (χ0v) is 55.4. The number of nitrogens with two attached hydrogens (primary N) is 3. The summed E-state index contributed by atoms with van der Waals surface area (Å²) in [6.07, 6.45) is 8.20. The molecular formula is C60H95N15O13S3. The van der Waals surface area contributed by atoms with Crippen molar-refractivity contribution in [3.8, 4) is 0 Å². The van der Waals surface area contributed by atoms with E-state index in [1.54, 1.807) is 12.3 Å². The molecule has 506 valence electrons. The summed E-state index contributed by atoms with van der Waals surface area (Å²) in [6, 6.07) is -5.71. The van der Waals surface area contributed by atoms with Gasteiger partial charge in [0.05, 0.1) is 12.6 Å². The third kappa shape index (κ3) is 21.9. The number of hydrogen-bond acceptors (Lipinski definition) is 17. The highest BCUT2D eigenvalue weighted by Gasteiger charge is 2.44. The summed E-state index contributed by atoms with van der Waals surface area (Å²) in [4.78, 5) is 165. The molecule has 4 heterocycles. The molecule has 0 aliphatic carbocycles. The summed E-state index contributed by atoms with van der Waals surface area (Å²) in [6.45, 7) is 7.05. The van der Waals surface area contributed by atoms with Gasteiger partial charge in [-0.15, -0.1) is 0 Å². The van der Waals surface area contributed by atoms with Gasteiger partial charge in [-0.3, -0.25) is 52.9 Å². The molecule has 0 unspecified atom stereocenters. The number of aromatic nitrogens is 1. The Morgan fingerprint density at radius 2 is 1.08 bits per heavy atom. The van der Waals surface area contributed by atoms with E-state index in [2.05, 4.69) is 59.8 Å². The number of carboxylic acid groups (broad SMARTS) is 1. The third-order valence-electron chi connectivity index (χ3n) is 16.3. The van der Waals surface area contributed by atoms with Gasteiger partial charge in [0.1, 0.15) is 60.4 Å². The average molecular weight is 1330 g/mol. The number of amides is 10. The van der Waals surface area contributed by atoms with Crippen molar-refractivity contribution in [1.82, 2.24) is 56.9 Å². The van der Waals surface area contributed by atoms with E-state index in [1.807, 2.05) is 58.4 Å². The van der Waals surface area contributed by atoms with Gasteiger partial charge in [0.25, 0.3) is 0 Å².